The molecule has 0 fully saturated rings. The van der Waals surface area contributed by atoms with Gasteiger partial charge in [0.05, 0.1) is 6.33 Å². The quantitative estimate of drug-likeness (QED) is 0.695. The fourth-order valence-electron chi connectivity index (χ4n) is 2.05. The molecule has 1 aromatic carbocycles. The van der Waals surface area contributed by atoms with Crippen LogP contribution in [0.3, 0.4) is 0 Å². The van der Waals surface area contributed by atoms with Gasteiger partial charge in [0.25, 0.3) is 0 Å². The lowest BCUT2D eigenvalue weighted by atomic mass is 10.1. The molecule has 3 aromatic rings. The first kappa shape index (κ1) is 14.5. The number of fused-ring (bicyclic) bond motifs is 1. The highest BCUT2D eigenvalue weighted by Crippen LogP contribution is 2.35. The van der Waals surface area contributed by atoms with E-state index >= 15 is 0 Å². The van der Waals surface area contributed by atoms with Crippen LogP contribution >= 0.6 is 27.7 Å². The molecule has 0 amide bonds. The van der Waals surface area contributed by atoms with E-state index in [-0.39, 0.29) is 6.04 Å². The van der Waals surface area contributed by atoms with Crippen LogP contribution in [0, 0.1) is 0 Å². The molecule has 0 bridgehead atoms. The first-order chi connectivity index (χ1) is 10.1. The number of nitrogens with zero attached hydrogens (tertiary/aromatic N) is 3. The number of aromatic nitrogens is 4. The number of benzene rings is 1. The molecule has 2 heterocycles. The second-order valence-electron chi connectivity index (χ2n) is 4.83. The lowest BCUT2D eigenvalue weighted by molar-refractivity contribution is 0.737. The predicted octanol–water partition coefficient (Wildman–Crippen LogP) is 3.16. The third-order valence-corrected chi connectivity index (χ3v) is 4.95. The lowest BCUT2D eigenvalue weighted by Crippen LogP contribution is -2.17. The second-order valence-corrected chi connectivity index (χ2v) is 6.71. The van der Waals surface area contributed by atoms with Gasteiger partial charge >= 0.3 is 0 Å². The fraction of sp³-hybridized carbons (Fsp3) is 0.214. The molecule has 1 atom stereocenters. The Kier molecular flexibility index (Phi) is 4.23. The van der Waals surface area contributed by atoms with E-state index in [1.165, 1.54) is 11.9 Å². The van der Waals surface area contributed by atoms with Crippen LogP contribution in [0.25, 0.3) is 11.2 Å². The van der Waals surface area contributed by atoms with E-state index < -0.39 is 0 Å². The van der Waals surface area contributed by atoms with Gasteiger partial charge in [-0.25, -0.2) is 15.0 Å². The number of H-pyrrole nitrogens is 1. The van der Waals surface area contributed by atoms with Gasteiger partial charge in [-0.05, 0) is 47.0 Å². The van der Waals surface area contributed by atoms with E-state index in [0.717, 1.165) is 26.3 Å². The van der Waals surface area contributed by atoms with E-state index in [1.54, 1.807) is 18.1 Å². The standard InChI is InChI=1S/C14H14BrN5S/c1-8(16)4-9-2-3-11(10(15)5-9)21-14-12-13(18-6-17-12)19-7-20-14/h2-3,5-8H,4,16H2,1H3,(H,17,18,19,20). The number of rotatable bonds is 4. The Morgan fingerprint density at radius 3 is 2.95 bits per heavy atom. The highest BCUT2D eigenvalue weighted by atomic mass is 79.9. The van der Waals surface area contributed by atoms with Crippen molar-refractivity contribution in [2.75, 3.05) is 0 Å². The van der Waals surface area contributed by atoms with E-state index in [1.807, 2.05) is 6.92 Å². The van der Waals surface area contributed by atoms with Crippen molar-refractivity contribution in [2.24, 2.45) is 5.73 Å². The smallest absolute Gasteiger partial charge is 0.181 e. The Bertz CT molecular complexity index is 771. The van der Waals surface area contributed by atoms with Crippen LogP contribution in [0.15, 0.2) is 45.2 Å². The molecule has 3 N–H and O–H groups in total. The van der Waals surface area contributed by atoms with Crippen LogP contribution < -0.4 is 5.73 Å². The highest BCUT2D eigenvalue weighted by Gasteiger charge is 2.10. The van der Waals surface area contributed by atoms with Gasteiger partial charge < -0.3 is 10.7 Å². The van der Waals surface area contributed by atoms with Crippen molar-refractivity contribution in [3.05, 3.63) is 40.9 Å². The normalized spacial score (nSPS) is 12.7. The molecule has 21 heavy (non-hydrogen) atoms. The molecule has 0 spiro atoms. The average molecular weight is 364 g/mol. The molecule has 0 radical (unpaired) electrons. The molecule has 0 aliphatic rings. The number of hydrogen-bond donors (Lipinski definition) is 2. The third-order valence-electron chi connectivity index (χ3n) is 2.95. The minimum absolute atomic E-state index is 0.155. The van der Waals surface area contributed by atoms with Crippen LogP contribution in [0.4, 0.5) is 0 Å². The molecule has 2 aromatic heterocycles. The van der Waals surface area contributed by atoms with E-state index in [9.17, 15) is 0 Å². The Labute approximate surface area is 134 Å². The number of aromatic amines is 1. The zero-order chi connectivity index (χ0) is 14.8. The summed E-state index contributed by atoms with van der Waals surface area (Å²) in [6.45, 7) is 2.01. The molecule has 108 valence electrons. The molecule has 0 saturated heterocycles. The topological polar surface area (TPSA) is 80.5 Å². The molecular weight excluding hydrogens is 350 g/mol. The molecule has 0 aliphatic carbocycles. The summed E-state index contributed by atoms with van der Waals surface area (Å²) >= 11 is 5.19. The molecule has 3 rings (SSSR count). The zero-order valence-electron chi connectivity index (χ0n) is 11.4. The summed E-state index contributed by atoms with van der Waals surface area (Å²) < 4.78 is 1.04. The van der Waals surface area contributed by atoms with Crippen molar-refractivity contribution < 1.29 is 0 Å². The Balaban J connectivity index is 1.89. The molecule has 0 saturated carbocycles. The van der Waals surface area contributed by atoms with E-state index in [2.05, 4.69) is 54.1 Å². The van der Waals surface area contributed by atoms with Crippen LogP contribution in [0.5, 0.6) is 0 Å². The average Bonchev–Trinajstić information content (AvgIpc) is 2.90. The Morgan fingerprint density at radius 2 is 2.19 bits per heavy atom. The van der Waals surface area contributed by atoms with Crippen molar-refractivity contribution in [2.45, 2.75) is 29.3 Å². The van der Waals surface area contributed by atoms with Gasteiger partial charge in [0.2, 0.25) is 0 Å². The molecule has 0 aliphatic heterocycles. The predicted molar refractivity (Wildman–Crippen MR) is 87.3 cm³/mol. The monoisotopic (exact) mass is 363 g/mol. The summed E-state index contributed by atoms with van der Waals surface area (Å²) in [5.41, 5.74) is 8.59. The van der Waals surface area contributed by atoms with Gasteiger partial charge in [0, 0.05) is 15.4 Å². The number of nitrogens with two attached hydrogens (primary N) is 1. The van der Waals surface area contributed by atoms with Gasteiger partial charge in [0.1, 0.15) is 16.9 Å². The zero-order valence-corrected chi connectivity index (χ0v) is 13.8. The van der Waals surface area contributed by atoms with E-state index in [0.29, 0.717) is 5.65 Å². The highest BCUT2D eigenvalue weighted by molar-refractivity contribution is 9.10. The third kappa shape index (κ3) is 3.25. The summed E-state index contributed by atoms with van der Waals surface area (Å²) in [7, 11) is 0. The number of hydrogen-bond acceptors (Lipinski definition) is 5. The van der Waals surface area contributed by atoms with Crippen molar-refractivity contribution in [3.63, 3.8) is 0 Å². The van der Waals surface area contributed by atoms with E-state index in [4.69, 9.17) is 5.73 Å². The Hall–Kier alpha value is -1.44. The van der Waals surface area contributed by atoms with Crippen LogP contribution in [0.2, 0.25) is 0 Å². The van der Waals surface area contributed by atoms with Crippen molar-refractivity contribution in [1.82, 2.24) is 19.9 Å². The largest absolute Gasteiger partial charge is 0.341 e. The number of halogens is 1. The second kappa shape index (κ2) is 6.13. The molecule has 1 unspecified atom stereocenters. The van der Waals surface area contributed by atoms with Gasteiger partial charge in [-0.3, -0.25) is 0 Å². The maximum absolute atomic E-state index is 5.84. The molecule has 5 nitrogen and oxygen atoms in total. The minimum atomic E-state index is 0.155. The maximum Gasteiger partial charge on any atom is 0.181 e. The van der Waals surface area contributed by atoms with Crippen molar-refractivity contribution >= 4 is 38.9 Å². The fourth-order valence-corrected chi connectivity index (χ4v) is 3.57. The first-order valence-electron chi connectivity index (χ1n) is 6.49. The summed E-state index contributed by atoms with van der Waals surface area (Å²) in [5.74, 6) is 0. The van der Waals surface area contributed by atoms with Crippen LogP contribution in [0.1, 0.15) is 12.5 Å². The summed E-state index contributed by atoms with van der Waals surface area (Å²) in [6.07, 6.45) is 4.02. The summed E-state index contributed by atoms with van der Waals surface area (Å²) in [5, 5.41) is 0.859. The van der Waals surface area contributed by atoms with Gasteiger partial charge in [-0.2, -0.15) is 0 Å². The lowest BCUT2D eigenvalue weighted by Gasteiger charge is -2.09. The van der Waals surface area contributed by atoms with Crippen LogP contribution in [-0.4, -0.2) is 26.0 Å². The number of imidazole rings is 1. The van der Waals surface area contributed by atoms with Crippen LogP contribution in [-0.2, 0) is 6.42 Å². The minimum Gasteiger partial charge on any atom is -0.341 e. The molecular formula is C14H14BrN5S. The summed E-state index contributed by atoms with van der Waals surface area (Å²) in [4.78, 5) is 16.8. The van der Waals surface area contributed by atoms with Gasteiger partial charge in [-0.1, -0.05) is 17.8 Å². The number of nitrogens with one attached hydrogen (secondary N) is 1. The van der Waals surface area contributed by atoms with Gasteiger partial charge in [-0.15, -0.1) is 0 Å². The summed E-state index contributed by atoms with van der Waals surface area (Å²) in [6, 6.07) is 6.44. The molecule has 7 heteroatoms. The first-order valence-corrected chi connectivity index (χ1v) is 8.10. The van der Waals surface area contributed by atoms with Crippen molar-refractivity contribution in [3.8, 4) is 0 Å². The Morgan fingerprint density at radius 1 is 1.33 bits per heavy atom. The SMILES string of the molecule is CC(N)Cc1ccc(Sc2ncnc3nc[nH]c23)c(Br)c1. The van der Waals surface area contributed by atoms with Crippen molar-refractivity contribution in [1.29, 1.82) is 0 Å². The maximum atomic E-state index is 5.84. The van der Waals surface area contributed by atoms with Gasteiger partial charge in [0.15, 0.2) is 5.65 Å².